The van der Waals surface area contributed by atoms with Crippen molar-refractivity contribution in [3.05, 3.63) is 23.8 Å². The van der Waals surface area contributed by atoms with E-state index < -0.39 is 12.1 Å². The number of rotatable bonds is 20. The minimum atomic E-state index is -0.630. The first-order valence-corrected chi connectivity index (χ1v) is 13.8. The van der Waals surface area contributed by atoms with Gasteiger partial charge in [-0.15, -0.1) is 0 Å². The van der Waals surface area contributed by atoms with Gasteiger partial charge in [-0.1, -0.05) is 6.07 Å². The second kappa shape index (κ2) is 20.3. The number of hydrogen-bond acceptors (Lipinski definition) is 9. The molecule has 1 aromatic rings. The van der Waals surface area contributed by atoms with Crippen LogP contribution in [0.2, 0.25) is 0 Å². The quantitative estimate of drug-likeness (QED) is 0.0172. The van der Waals surface area contributed by atoms with Crippen molar-refractivity contribution in [2.75, 3.05) is 45.9 Å². The zero-order chi connectivity index (χ0) is 29.8. The third-order valence-corrected chi connectivity index (χ3v) is 5.85. The molecule has 15 nitrogen and oxygen atoms in total. The van der Waals surface area contributed by atoms with Crippen LogP contribution in [0.1, 0.15) is 37.7 Å². The van der Waals surface area contributed by atoms with Gasteiger partial charge in [0.15, 0.2) is 23.4 Å². The molecule has 0 aliphatic heterocycles. The third kappa shape index (κ3) is 15.7. The summed E-state index contributed by atoms with van der Waals surface area (Å²) < 4.78 is 11.6. The van der Waals surface area contributed by atoms with Crippen LogP contribution in [0.5, 0.6) is 11.5 Å². The molecule has 3 amide bonds. The number of hydrazine groups is 1. The van der Waals surface area contributed by atoms with Crippen LogP contribution in [0.25, 0.3) is 0 Å². The van der Waals surface area contributed by atoms with E-state index in [9.17, 15) is 9.59 Å². The van der Waals surface area contributed by atoms with Gasteiger partial charge in [-0.3, -0.25) is 20.6 Å². The molecule has 0 unspecified atom stereocenters. The minimum Gasteiger partial charge on any atom is -0.488 e. The molecule has 16 heteroatoms. The summed E-state index contributed by atoms with van der Waals surface area (Å²) in [4.78, 5) is 24.4. The lowest BCUT2D eigenvalue weighted by atomic mass is 10.1. The van der Waals surface area contributed by atoms with Gasteiger partial charge in [0, 0.05) is 25.4 Å². The first-order chi connectivity index (χ1) is 19.1. The Morgan fingerprint density at radius 1 is 0.875 bits per heavy atom. The van der Waals surface area contributed by atoms with E-state index in [1.165, 1.54) is 0 Å². The van der Waals surface area contributed by atoms with E-state index >= 15 is 0 Å². The highest BCUT2D eigenvalue weighted by atomic mass is 32.1. The van der Waals surface area contributed by atoms with E-state index in [2.05, 4.69) is 33.9 Å². The molecule has 1 rings (SSSR count). The number of urea groups is 1. The molecule has 0 aliphatic rings. The fraction of sp³-hybridized carbons (Fsp3) is 0.583. The number of thiol groups is 1. The molecule has 0 fully saturated rings. The zero-order valence-electron chi connectivity index (χ0n) is 22.8. The van der Waals surface area contributed by atoms with Crippen LogP contribution in [-0.4, -0.2) is 80.8 Å². The molecule has 1 aromatic carbocycles. The number of benzene rings is 1. The van der Waals surface area contributed by atoms with Crippen LogP contribution in [-0.2, 0) is 10.5 Å². The molecule has 14 N–H and O–H groups in total. The number of hydrogen-bond donors (Lipinski definition) is 11. The number of unbranched alkanes of at least 4 members (excludes halogenated alkanes) is 2. The summed E-state index contributed by atoms with van der Waals surface area (Å²) in [5.74, 6) is 6.84. The predicted molar refractivity (Wildman–Crippen MR) is 158 cm³/mol. The summed E-state index contributed by atoms with van der Waals surface area (Å²) in [6, 6.07) is 4.39. The molecule has 0 aliphatic carbocycles. The molecular weight excluding hydrogens is 538 g/mol. The number of ether oxygens (including phenoxy) is 2. The molecule has 0 saturated heterocycles. The van der Waals surface area contributed by atoms with Crippen molar-refractivity contribution < 1.29 is 19.1 Å². The minimum absolute atomic E-state index is 0.0792. The average molecular weight is 584 g/mol. The van der Waals surface area contributed by atoms with Gasteiger partial charge in [0.05, 0.1) is 19.1 Å². The lowest BCUT2D eigenvalue weighted by Crippen LogP contribution is -2.46. The Hall–Kier alpha value is -3.63. The Kier molecular flexibility index (Phi) is 17.5. The largest absolute Gasteiger partial charge is 0.488 e. The second-order valence-electron chi connectivity index (χ2n) is 8.84. The van der Waals surface area contributed by atoms with E-state index in [0.717, 1.165) is 23.4 Å². The van der Waals surface area contributed by atoms with Crippen LogP contribution in [0.3, 0.4) is 0 Å². The first-order valence-electron chi connectivity index (χ1n) is 13.1. The number of nitrogens with two attached hydrogens (primary N) is 4. The van der Waals surface area contributed by atoms with Gasteiger partial charge in [0.2, 0.25) is 5.91 Å². The fourth-order valence-corrected chi connectivity index (χ4v) is 3.54. The lowest BCUT2D eigenvalue weighted by Gasteiger charge is -2.18. The summed E-state index contributed by atoms with van der Waals surface area (Å²) in [5.41, 5.74) is 17.3. The first kappa shape index (κ1) is 34.4. The van der Waals surface area contributed by atoms with Crippen molar-refractivity contribution in [1.29, 1.82) is 10.8 Å². The van der Waals surface area contributed by atoms with E-state index in [0.29, 0.717) is 56.1 Å². The van der Waals surface area contributed by atoms with E-state index in [-0.39, 0.29) is 44.1 Å². The predicted octanol–water partition coefficient (Wildman–Crippen LogP) is -0.881. The molecule has 0 bridgehead atoms. The Morgan fingerprint density at radius 2 is 1.48 bits per heavy atom. The van der Waals surface area contributed by atoms with Gasteiger partial charge in [-0.25, -0.2) is 10.6 Å². The Bertz CT molecular complexity index is 938. The average Bonchev–Trinajstić information content (AvgIpc) is 2.92. The normalized spacial score (nSPS) is 11.2. The highest BCUT2D eigenvalue weighted by Gasteiger charge is 2.13. The van der Waals surface area contributed by atoms with Crippen molar-refractivity contribution >= 4 is 36.5 Å². The van der Waals surface area contributed by atoms with Gasteiger partial charge >= 0.3 is 6.03 Å². The smallest absolute Gasteiger partial charge is 0.331 e. The number of carbonyl (C=O) groups excluding carboxylic acids is 2. The number of nitrogens with one attached hydrogen (secondary N) is 6. The van der Waals surface area contributed by atoms with Crippen molar-refractivity contribution in [2.45, 2.75) is 43.9 Å². The molecule has 0 spiro atoms. The van der Waals surface area contributed by atoms with Crippen LogP contribution >= 0.6 is 12.6 Å². The standard InChI is InChI=1S/C24H45N11O4S/c25-18(5-1-2-8-32-22(26)27)21(36)31-10-13-38-19-7-6-17(16-40)15-20(19)39-14-11-34-24(37)35(30)12-4-3-9-33-23(28)29/h6-7,15,18,40H,1-5,8-14,16,25,30H2,(H,31,36)(H,34,37)(H4,26,27,32)(H4,28,29,33)/t18-/m1/s1. The maximum Gasteiger partial charge on any atom is 0.331 e. The molecule has 0 saturated carbocycles. The monoisotopic (exact) mass is 583 g/mol. The van der Waals surface area contributed by atoms with Crippen molar-refractivity contribution in [2.24, 2.45) is 23.0 Å². The second-order valence-corrected chi connectivity index (χ2v) is 9.16. The molecule has 40 heavy (non-hydrogen) atoms. The van der Waals surface area contributed by atoms with Crippen LogP contribution < -0.4 is 53.8 Å². The fourth-order valence-electron chi connectivity index (χ4n) is 3.34. The number of amides is 3. The number of carbonyl (C=O) groups is 2. The van der Waals surface area contributed by atoms with Crippen molar-refractivity contribution in [3.63, 3.8) is 0 Å². The maximum absolute atomic E-state index is 12.2. The maximum atomic E-state index is 12.2. The van der Waals surface area contributed by atoms with Crippen molar-refractivity contribution in [3.8, 4) is 11.5 Å². The molecule has 226 valence electrons. The van der Waals surface area contributed by atoms with Crippen LogP contribution in [0.15, 0.2) is 18.2 Å². The Balaban J connectivity index is 2.37. The summed E-state index contributed by atoms with van der Waals surface area (Å²) in [6.07, 6.45) is 3.37. The summed E-state index contributed by atoms with van der Waals surface area (Å²) in [6.45, 7) is 2.33. The van der Waals surface area contributed by atoms with E-state index in [4.69, 9.17) is 43.3 Å². The van der Waals surface area contributed by atoms with E-state index in [1.54, 1.807) is 6.07 Å². The van der Waals surface area contributed by atoms with Crippen molar-refractivity contribution in [1.82, 2.24) is 26.3 Å². The van der Waals surface area contributed by atoms with Gasteiger partial charge in [0.25, 0.3) is 0 Å². The third-order valence-electron chi connectivity index (χ3n) is 5.48. The molecule has 1 atom stereocenters. The van der Waals surface area contributed by atoms with Gasteiger partial charge in [-0.05, 0) is 49.8 Å². The van der Waals surface area contributed by atoms with E-state index in [1.807, 2.05) is 12.1 Å². The van der Waals surface area contributed by atoms with Crippen LogP contribution in [0.4, 0.5) is 4.79 Å². The van der Waals surface area contributed by atoms with Gasteiger partial charge < -0.3 is 47.9 Å². The van der Waals surface area contributed by atoms with Crippen LogP contribution in [0, 0.1) is 10.8 Å². The summed E-state index contributed by atoms with van der Waals surface area (Å²) >= 11 is 4.30. The molecule has 0 radical (unpaired) electrons. The highest BCUT2D eigenvalue weighted by molar-refractivity contribution is 7.79. The number of nitrogens with zero attached hydrogens (tertiary/aromatic N) is 1. The van der Waals surface area contributed by atoms with Gasteiger partial charge in [-0.2, -0.15) is 12.6 Å². The summed E-state index contributed by atoms with van der Waals surface area (Å²) in [5, 5.41) is 26.2. The Morgan fingerprint density at radius 3 is 2.10 bits per heavy atom. The molecular formula is C24H45N11O4S. The molecule has 0 heterocycles. The molecule has 0 aromatic heterocycles. The number of guanidine groups is 2. The zero-order valence-corrected chi connectivity index (χ0v) is 23.7. The lowest BCUT2D eigenvalue weighted by molar-refractivity contribution is -0.122. The van der Waals surface area contributed by atoms with Gasteiger partial charge in [0.1, 0.15) is 13.2 Å². The topological polar surface area (TPSA) is 256 Å². The summed E-state index contributed by atoms with van der Waals surface area (Å²) in [7, 11) is 0. The Labute approximate surface area is 240 Å². The SMILES string of the molecule is N=C(N)NCCCC[C@@H](N)C(=O)NCCOc1ccc(CS)cc1OCCNC(=O)N(N)CCCCNC(=N)N. The highest BCUT2D eigenvalue weighted by Crippen LogP contribution is 2.29.